The smallest absolute Gasteiger partial charge is 0.0429 e. The van der Waals surface area contributed by atoms with Gasteiger partial charge in [-0.05, 0) is 24.0 Å². The summed E-state index contributed by atoms with van der Waals surface area (Å²) in [5, 5.41) is 7.99. The first-order valence-corrected chi connectivity index (χ1v) is 5.34. The van der Waals surface area contributed by atoms with Crippen LogP contribution in [0.2, 0.25) is 0 Å². The zero-order valence-electron chi connectivity index (χ0n) is 8.74. The lowest BCUT2D eigenvalue weighted by molar-refractivity contribution is 1.01. The van der Waals surface area contributed by atoms with Crippen LogP contribution in [-0.4, -0.2) is 5.71 Å². The maximum atomic E-state index is 7.99. The highest BCUT2D eigenvalue weighted by atomic mass is 14.4. The van der Waals surface area contributed by atoms with Crippen molar-refractivity contribution >= 4 is 5.71 Å². The van der Waals surface area contributed by atoms with Crippen molar-refractivity contribution < 1.29 is 0 Å². The van der Waals surface area contributed by atoms with Crippen LogP contribution >= 0.6 is 0 Å². The monoisotopic (exact) mass is 197 g/mol. The Morgan fingerprint density at radius 1 is 1.13 bits per heavy atom. The molecule has 0 radical (unpaired) electrons. The molecule has 0 aromatic heterocycles. The van der Waals surface area contributed by atoms with E-state index in [1.54, 1.807) is 0 Å². The standard InChI is InChI=1S/C14H15N/c15-14(13-9-5-2-6-10-13)11-12-7-3-1-4-8-12/h2-3,5-10,15H,1,4,11H2. The molecule has 1 heteroatoms. The average Bonchev–Trinajstić information content (AvgIpc) is 2.31. The second-order valence-corrected chi connectivity index (χ2v) is 3.78. The third kappa shape index (κ3) is 2.66. The van der Waals surface area contributed by atoms with Crippen molar-refractivity contribution in [3.8, 4) is 0 Å². The Morgan fingerprint density at radius 3 is 2.60 bits per heavy atom. The summed E-state index contributed by atoms with van der Waals surface area (Å²) in [5.74, 6) is 0. The second kappa shape index (κ2) is 4.74. The first-order valence-electron chi connectivity index (χ1n) is 5.34. The van der Waals surface area contributed by atoms with Crippen molar-refractivity contribution in [3.05, 3.63) is 59.7 Å². The Bertz CT molecular complexity index is 399. The van der Waals surface area contributed by atoms with E-state index in [4.69, 9.17) is 5.41 Å². The summed E-state index contributed by atoms with van der Waals surface area (Å²) < 4.78 is 0. The summed E-state index contributed by atoms with van der Waals surface area (Å²) in [7, 11) is 0. The van der Waals surface area contributed by atoms with Gasteiger partial charge in [-0.3, -0.25) is 0 Å². The average molecular weight is 197 g/mol. The van der Waals surface area contributed by atoms with E-state index in [-0.39, 0.29) is 0 Å². The number of nitrogens with one attached hydrogen (secondary N) is 1. The molecule has 1 aliphatic rings. The van der Waals surface area contributed by atoms with E-state index in [9.17, 15) is 0 Å². The molecule has 0 bridgehead atoms. The van der Waals surface area contributed by atoms with Crippen molar-refractivity contribution in [2.75, 3.05) is 0 Å². The molecule has 0 saturated heterocycles. The van der Waals surface area contributed by atoms with Crippen LogP contribution in [0.5, 0.6) is 0 Å². The highest BCUT2D eigenvalue weighted by molar-refractivity contribution is 5.99. The van der Waals surface area contributed by atoms with Gasteiger partial charge in [0.05, 0.1) is 0 Å². The van der Waals surface area contributed by atoms with Crippen molar-refractivity contribution in [1.29, 1.82) is 5.41 Å². The molecule has 0 atom stereocenters. The minimum atomic E-state index is 0.702. The van der Waals surface area contributed by atoms with Crippen LogP contribution in [0.3, 0.4) is 0 Å². The molecule has 76 valence electrons. The van der Waals surface area contributed by atoms with Gasteiger partial charge in [0, 0.05) is 12.1 Å². The third-order valence-electron chi connectivity index (χ3n) is 2.57. The highest BCUT2D eigenvalue weighted by Crippen LogP contribution is 2.15. The number of hydrogen-bond donors (Lipinski definition) is 1. The molecule has 1 aromatic carbocycles. The molecule has 0 saturated carbocycles. The van der Waals surface area contributed by atoms with Gasteiger partial charge in [0.1, 0.15) is 0 Å². The summed E-state index contributed by atoms with van der Waals surface area (Å²) in [6.45, 7) is 0. The number of hydrogen-bond acceptors (Lipinski definition) is 1. The normalized spacial score (nSPS) is 14.8. The molecule has 0 amide bonds. The minimum Gasteiger partial charge on any atom is -0.304 e. The molecule has 1 aliphatic carbocycles. The number of benzene rings is 1. The molecule has 1 nitrogen and oxygen atoms in total. The van der Waals surface area contributed by atoms with Crippen LogP contribution in [0.1, 0.15) is 24.8 Å². The van der Waals surface area contributed by atoms with Gasteiger partial charge < -0.3 is 5.41 Å². The van der Waals surface area contributed by atoms with Crippen molar-refractivity contribution in [2.24, 2.45) is 0 Å². The Kier molecular flexibility index (Phi) is 3.13. The second-order valence-electron chi connectivity index (χ2n) is 3.78. The molecule has 0 spiro atoms. The first kappa shape index (κ1) is 9.91. The topological polar surface area (TPSA) is 23.9 Å². The van der Waals surface area contributed by atoms with E-state index in [0.29, 0.717) is 5.71 Å². The molecule has 0 unspecified atom stereocenters. The SMILES string of the molecule is N=C(CC1=CCCC=C1)c1ccccc1. The van der Waals surface area contributed by atoms with Crippen LogP contribution in [-0.2, 0) is 0 Å². The van der Waals surface area contributed by atoms with Gasteiger partial charge in [0.15, 0.2) is 0 Å². The Balaban J connectivity index is 2.04. The molecule has 2 rings (SSSR count). The highest BCUT2D eigenvalue weighted by Gasteiger charge is 2.04. The Labute approximate surface area is 90.7 Å². The fourth-order valence-corrected chi connectivity index (χ4v) is 1.74. The van der Waals surface area contributed by atoms with Crippen molar-refractivity contribution in [2.45, 2.75) is 19.3 Å². The minimum absolute atomic E-state index is 0.702. The van der Waals surface area contributed by atoms with E-state index in [0.717, 1.165) is 24.8 Å². The van der Waals surface area contributed by atoms with Crippen LogP contribution < -0.4 is 0 Å². The number of rotatable bonds is 3. The lowest BCUT2D eigenvalue weighted by Gasteiger charge is -2.08. The van der Waals surface area contributed by atoms with Crippen LogP contribution in [0.15, 0.2) is 54.1 Å². The van der Waals surface area contributed by atoms with Gasteiger partial charge in [-0.2, -0.15) is 0 Å². The Hall–Kier alpha value is -1.63. The van der Waals surface area contributed by atoms with Gasteiger partial charge in [-0.15, -0.1) is 0 Å². The zero-order chi connectivity index (χ0) is 10.5. The zero-order valence-corrected chi connectivity index (χ0v) is 8.74. The molecule has 0 heterocycles. The Morgan fingerprint density at radius 2 is 1.93 bits per heavy atom. The van der Waals surface area contributed by atoms with E-state index in [1.165, 1.54) is 5.57 Å². The summed E-state index contributed by atoms with van der Waals surface area (Å²) >= 11 is 0. The van der Waals surface area contributed by atoms with Gasteiger partial charge in [-0.1, -0.05) is 48.6 Å². The summed E-state index contributed by atoms with van der Waals surface area (Å²) in [6.07, 6.45) is 9.57. The lowest BCUT2D eigenvalue weighted by Crippen LogP contribution is -2.00. The predicted octanol–water partition coefficient (Wildman–Crippen LogP) is 3.72. The van der Waals surface area contributed by atoms with Gasteiger partial charge in [0.25, 0.3) is 0 Å². The fourth-order valence-electron chi connectivity index (χ4n) is 1.74. The molecule has 1 N–H and O–H groups in total. The van der Waals surface area contributed by atoms with Crippen LogP contribution in [0, 0.1) is 5.41 Å². The summed E-state index contributed by atoms with van der Waals surface area (Å²) in [5.41, 5.74) is 3.00. The van der Waals surface area contributed by atoms with Crippen LogP contribution in [0.25, 0.3) is 0 Å². The van der Waals surface area contributed by atoms with Crippen LogP contribution in [0.4, 0.5) is 0 Å². The van der Waals surface area contributed by atoms with Gasteiger partial charge in [0.2, 0.25) is 0 Å². The first-order chi connectivity index (χ1) is 7.36. The fraction of sp³-hybridized carbons (Fsp3) is 0.214. The molecule has 0 aliphatic heterocycles. The van der Waals surface area contributed by atoms with Gasteiger partial charge >= 0.3 is 0 Å². The molecule has 0 fully saturated rings. The number of allylic oxidation sites excluding steroid dienone is 4. The molecule has 1 aromatic rings. The summed E-state index contributed by atoms with van der Waals surface area (Å²) in [4.78, 5) is 0. The van der Waals surface area contributed by atoms with Crippen molar-refractivity contribution in [3.63, 3.8) is 0 Å². The van der Waals surface area contributed by atoms with E-state index < -0.39 is 0 Å². The van der Waals surface area contributed by atoms with Gasteiger partial charge in [-0.25, -0.2) is 0 Å². The maximum Gasteiger partial charge on any atom is 0.0429 e. The lowest BCUT2D eigenvalue weighted by atomic mass is 9.98. The van der Waals surface area contributed by atoms with E-state index >= 15 is 0 Å². The molecular formula is C14H15N. The van der Waals surface area contributed by atoms with E-state index in [2.05, 4.69) is 18.2 Å². The molecule has 15 heavy (non-hydrogen) atoms. The predicted molar refractivity (Wildman–Crippen MR) is 64.3 cm³/mol. The maximum absolute atomic E-state index is 7.99. The quantitative estimate of drug-likeness (QED) is 0.714. The largest absolute Gasteiger partial charge is 0.304 e. The third-order valence-corrected chi connectivity index (χ3v) is 2.57. The molecular weight excluding hydrogens is 182 g/mol. The van der Waals surface area contributed by atoms with Crippen molar-refractivity contribution in [1.82, 2.24) is 0 Å². The van der Waals surface area contributed by atoms with E-state index in [1.807, 2.05) is 30.3 Å². The summed E-state index contributed by atoms with van der Waals surface area (Å²) in [6, 6.07) is 9.94.